The Kier molecular flexibility index (Phi) is 5.52. The summed E-state index contributed by atoms with van der Waals surface area (Å²) in [6.45, 7) is 5.61. The molecule has 2 heterocycles. The first-order valence-electron chi connectivity index (χ1n) is 8.87. The van der Waals surface area contributed by atoms with E-state index in [4.69, 9.17) is 0 Å². The third-order valence-corrected chi connectivity index (χ3v) is 4.75. The van der Waals surface area contributed by atoms with Crippen LogP contribution in [0.2, 0.25) is 0 Å². The highest BCUT2D eigenvalue weighted by atomic mass is 16.2. The second-order valence-electron chi connectivity index (χ2n) is 6.69. The molecule has 0 spiro atoms. The second-order valence-corrected chi connectivity index (χ2v) is 6.69. The molecule has 26 heavy (non-hydrogen) atoms. The number of hydrogen-bond acceptors (Lipinski definition) is 3. The molecule has 3 rings (SSSR count). The summed E-state index contributed by atoms with van der Waals surface area (Å²) in [5.41, 5.74) is 2.16. The van der Waals surface area contributed by atoms with Crippen molar-refractivity contribution in [2.24, 2.45) is 5.92 Å². The van der Waals surface area contributed by atoms with Crippen LogP contribution in [-0.4, -0.2) is 52.8 Å². The van der Waals surface area contributed by atoms with Crippen LogP contribution in [0.5, 0.6) is 0 Å². The largest absolute Gasteiger partial charge is 0.341 e. The van der Waals surface area contributed by atoms with E-state index in [9.17, 15) is 9.59 Å². The van der Waals surface area contributed by atoms with Crippen LogP contribution in [0.3, 0.4) is 0 Å². The van der Waals surface area contributed by atoms with E-state index in [0.717, 1.165) is 17.3 Å². The molecule has 5 heteroatoms. The molecule has 2 amide bonds. The fourth-order valence-corrected chi connectivity index (χ4v) is 3.48. The molecule has 1 aliphatic heterocycles. The van der Waals surface area contributed by atoms with Crippen molar-refractivity contribution in [1.29, 1.82) is 0 Å². The summed E-state index contributed by atoms with van der Waals surface area (Å²) in [4.78, 5) is 32.1. The van der Waals surface area contributed by atoms with E-state index in [0.29, 0.717) is 26.2 Å². The van der Waals surface area contributed by atoms with E-state index < -0.39 is 0 Å². The fraction of sp³-hybridized carbons (Fsp3) is 0.381. The van der Waals surface area contributed by atoms with Crippen LogP contribution in [-0.2, 0) is 16.0 Å². The molecule has 0 saturated carbocycles. The predicted molar refractivity (Wildman–Crippen MR) is 101 cm³/mol. The number of rotatable bonds is 2. The molecule has 1 aromatic heterocycles. The van der Waals surface area contributed by atoms with Gasteiger partial charge in [-0.2, -0.15) is 0 Å². The minimum absolute atomic E-state index is 0.0496. The van der Waals surface area contributed by atoms with Gasteiger partial charge in [-0.15, -0.1) is 0 Å². The van der Waals surface area contributed by atoms with Crippen molar-refractivity contribution >= 4 is 22.7 Å². The summed E-state index contributed by atoms with van der Waals surface area (Å²) in [7, 11) is 0. The smallest absolute Gasteiger partial charge is 0.298 e. The number of amides is 2. The number of pyridine rings is 1. The van der Waals surface area contributed by atoms with Crippen molar-refractivity contribution in [1.82, 2.24) is 14.8 Å². The monoisotopic (exact) mass is 349 g/mol. The van der Waals surface area contributed by atoms with Crippen LogP contribution < -0.4 is 0 Å². The van der Waals surface area contributed by atoms with Gasteiger partial charge in [-0.1, -0.05) is 18.1 Å². The molecule has 134 valence electrons. The lowest BCUT2D eigenvalue weighted by molar-refractivity contribution is -0.130. The molecule has 1 aliphatic rings. The summed E-state index contributed by atoms with van der Waals surface area (Å²) in [5.74, 6) is 5.36. The summed E-state index contributed by atoms with van der Waals surface area (Å²) in [6, 6.07) is 10.2. The third-order valence-electron chi connectivity index (χ3n) is 4.75. The molecule has 1 fully saturated rings. The maximum Gasteiger partial charge on any atom is 0.298 e. The van der Waals surface area contributed by atoms with Crippen molar-refractivity contribution in [3.8, 4) is 11.8 Å². The molecule has 1 atom stereocenters. The Morgan fingerprint density at radius 2 is 1.96 bits per heavy atom. The Morgan fingerprint density at radius 1 is 1.19 bits per heavy atom. The molecule has 0 aliphatic carbocycles. The van der Waals surface area contributed by atoms with Gasteiger partial charge < -0.3 is 9.80 Å². The number of aromatic nitrogens is 1. The van der Waals surface area contributed by atoms with E-state index in [1.54, 1.807) is 24.9 Å². The third kappa shape index (κ3) is 4.20. The van der Waals surface area contributed by atoms with Crippen molar-refractivity contribution in [2.45, 2.75) is 20.3 Å². The Hall–Kier alpha value is -2.87. The van der Waals surface area contributed by atoms with Crippen molar-refractivity contribution in [3.63, 3.8) is 0 Å². The first-order chi connectivity index (χ1) is 12.6. The number of carbonyl (C=O) groups excluding carboxylic acids is 2. The van der Waals surface area contributed by atoms with Crippen LogP contribution in [0.1, 0.15) is 19.4 Å². The highest BCUT2D eigenvalue weighted by Crippen LogP contribution is 2.19. The number of fused-ring (bicyclic) bond motifs is 1. The molecule has 0 radical (unpaired) electrons. The summed E-state index contributed by atoms with van der Waals surface area (Å²) in [5, 5.41) is 1.10. The van der Waals surface area contributed by atoms with Gasteiger partial charge in [-0.05, 0) is 48.9 Å². The quantitative estimate of drug-likeness (QED) is 0.781. The minimum atomic E-state index is -0.161. The highest BCUT2D eigenvalue weighted by molar-refractivity contribution is 5.93. The zero-order valence-corrected chi connectivity index (χ0v) is 15.2. The Morgan fingerprint density at radius 3 is 2.73 bits per heavy atom. The zero-order chi connectivity index (χ0) is 18.5. The average molecular weight is 349 g/mol. The number of benzene rings is 1. The van der Waals surface area contributed by atoms with Gasteiger partial charge in [-0.25, -0.2) is 0 Å². The van der Waals surface area contributed by atoms with Crippen LogP contribution in [0.4, 0.5) is 0 Å². The Balaban J connectivity index is 1.81. The topological polar surface area (TPSA) is 53.5 Å². The molecule has 1 saturated heterocycles. The summed E-state index contributed by atoms with van der Waals surface area (Å²) >= 11 is 0. The van der Waals surface area contributed by atoms with E-state index in [1.165, 1.54) is 5.56 Å². The van der Waals surface area contributed by atoms with Gasteiger partial charge in [0.1, 0.15) is 0 Å². The average Bonchev–Trinajstić information content (AvgIpc) is 2.85. The lowest BCUT2D eigenvalue weighted by atomic mass is 9.97. The van der Waals surface area contributed by atoms with Crippen LogP contribution in [0.25, 0.3) is 10.9 Å². The fourth-order valence-electron chi connectivity index (χ4n) is 3.48. The van der Waals surface area contributed by atoms with Gasteiger partial charge in [0.2, 0.25) is 5.91 Å². The van der Waals surface area contributed by atoms with Gasteiger partial charge in [0.15, 0.2) is 0 Å². The van der Waals surface area contributed by atoms with E-state index in [1.807, 2.05) is 23.1 Å². The minimum Gasteiger partial charge on any atom is -0.341 e. The van der Waals surface area contributed by atoms with Gasteiger partial charge in [-0.3, -0.25) is 14.6 Å². The van der Waals surface area contributed by atoms with Crippen molar-refractivity contribution < 1.29 is 9.59 Å². The Labute approximate surface area is 154 Å². The molecular weight excluding hydrogens is 326 g/mol. The van der Waals surface area contributed by atoms with Gasteiger partial charge in [0.05, 0.1) is 5.52 Å². The molecule has 2 aromatic rings. The van der Waals surface area contributed by atoms with Crippen LogP contribution in [0.15, 0.2) is 36.5 Å². The van der Waals surface area contributed by atoms with Crippen molar-refractivity contribution in [3.05, 3.63) is 42.1 Å². The molecule has 5 nitrogen and oxygen atoms in total. The molecule has 1 aromatic carbocycles. The standard InChI is InChI=1S/C21H23N3O2/c1-3-5-21(26)24-11-10-23(16(2)25)14-18(15-24)12-17-7-8-20-19(13-17)6-4-9-22-20/h4,6-9,13,18H,10-12,14-15H2,1-2H3. The molecule has 0 bridgehead atoms. The SMILES string of the molecule is CC#CC(=O)N1CCN(C(C)=O)CC(Cc2ccc3ncccc3c2)C1. The van der Waals surface area contributed by atoms with Crippen molar-refractivity contribution in [2.75, 3.05) is 26.2 Å². The number of hydrogen-bond donors (Lipinski definition) is 0. The summed E-state index contributed by atoms with van der Waals surface area (Å²) in [6.07, 6.45) is 2.59. The lowest BCUT2D eigenvalue weighted by Crippen LogP contribution is -2.36. The maximum atomic E-state index is 12.2. The zero-order valence-electron chi connectivity index (χ0n) is 15.2. The van der Waals surface area contributed by atoms with E-state index in [-0.39, 0.29) is 17.7 Å². The van der Waals surface area contributed by atoms with Gasteiger partial charge in [0, 0.05) is 44.7 Å². The maximum absolute atomic E-state index is 12.2. The molecular formula is C21H23N3O2. The van der Waals surface area contributed by atoms with Gasteiger partial charge in [0.25, 0.3) is 5.91 Å². The predicted octanol–water partition coefficient (Wildman–Crippen LogP) is 2.11. The Bertz CT molecular complexity index is 881. The second kappa shape index (κ2) is 8.01. The van der Waals surface area contributed by atoms with E-state index in [2.05, 4.69) is 29.0 Å². The number of carbonyl (C=O) groups is 2. The highest BCUT2D eigenvalue weighted by Gasteiger charge is 2.26. The van der Waals surface area contributed by atoms with Gasteiger partial charge >= 0.3 is 0 Å². The lowest BCUT2D eigenvalue weighted by Gasteiger charge is -2.23. The normalized spacial score (nSPS) is 17.4. The first-order valence-corrected chi connectivity index (χ1v) is 8.87. The van der Waals surface area contributed by atoms with E-state index >= 15 is 0 Å². The van der Waals surface area contributed by atoms with Crippen LogP contribution >= 0.6 is 0 Å². The molecule has 0 N–H and O–H groups in total. The number of nitrogens with zero attached hydrogens (tertiary/aromatic N) is 3. The van der Waals surface area contributed by atoms with Crippen LogP contribution in [0, 0.1) is 17.8 Å². The first kappa shape index (κ1) is 17.9. The molecule has 1 unspecified atom stereocenters. The summed E-state index contributed by atoms with van der Waals surface area (Å²) < 4.78 is 0.